The molecule has 0 bridgehead atoms. The van der Waals surface area contributed by atoms with Crippen LogP contribution in [-0.4, -0.2) is 74.5 Å². The zero-order chi connectivity index (χ0) is 36.4. The Balaban J connectivity index is 1.04. The molecule has 0 unspecified atom stereocenters. The van der Waals surface area contributed by atoms with Crippen LogP contribution in [-0.2, 0) is 20.0 Å². The highest BCUT2D eigenvalue weighted by Gasteiger charge is 2.28. The van der Waals surface area contributed by atoms with Crippen LogP contribution in [0, 0.1) is 18.6 Å². The van der Waals surface area contributed by atoms with E-state index in [1.54, 1.807) is 0 Å². The van der Waals surface area contributed by atoms with Crippen molar-refractivity contribution in [2.45, 2.75) is 71.9 Å². The van der Waals surface area contributed by atoms with Gasteiger partial charge in [0.15, 0.2) is 0 Å². The van der Waals surface area contributed by atoms with Gasteiger partial charge in [0.25, 0.3) is 0 Å². The van der Waals surface area contributed by atoms with Crippen molar-refractivity contribution in [2.75, 3.05) is 54.4 Å². The number of piperazine rings is 1. The number of fused-ring (bicyclic) bond motifs is 1. The van der Waals surface area contributed by atoms with Gasteiger partial charge in [-0.05, 0) is 75.1 Å². The molecule has 0 spiro atoms. The number of unbranched alkanes of at least 4 members (excludes halogenated alkanes) is 1. The molecule has 2 fully saturated rings. The van der Waals surface area contributed by atoms with Crippen LogP contribution in [0.1, 0.15) is 62.9 Å². The monoisotopic (exact) mass is 707 g/mol. The maximum absolute atomic E-state index is 13.8. The van der Waals surface area contributed by atoms with E-state index in [1.165, 1.54) is 23.5 Å². The van der Waals surface area contributed by atoms with Gasteiger partial charge in [-0.25, -0.2) is 13.8 Å². The highest BCUT2D eigenvalue weighted by molar-refractivity contribution is 5.85. The minimum absolute atomic E-state index is 0.486. The number of aromatic nitrogens is 5. The topological polar surface area (TPSA) is 70.3 Å². The summed E-state index contributed by atoms with van der Waals surface area (Å²) < 4.78 is 31.9. The maximum atomic E-state index is 13.8. The fraction of sp³-hybridized carbons (Fsp3) is 0.439. The Hall–Kier alpha value is -4.77. The zero-order valence-corrected chi connectivity index (χ0v) is 31.0. The molecular formula is C41H51F2N9. The fourth-order valence-electron chi connectivity index (χ4n) is 7.90. The van der Waals surface area contributed by atoms with Crippen LogP contribution >= 0.6 is 0 Å². The first-order chi connectivity index (χ1) is 25.2. The minimum atomic E-state index is -0.519. The van der Waals surface area contributed by atoms with Gasteiger partial charge in [0.1, 0.15) is 11.6 Å². The standard InChI is InChI=1S/C41H51F2N9/c1-6-8-14-52-40-26-34(51-19-17-50(18-20-51)33-12-15-49(16-13-33)35-24-31(42)23-32(43)25-35)10-11-37(40)47-41(52)46-29(4)30-21-28(3)45-38(22-30)36-27-44-48(5)39(36)9-7-2/h10-11,21-27,33H,4,6-9,12-20H2,1-3,5H3,(H,46,47). The summed E-state index contributed by atoms with van der Waals surface area (Å²) in [5, 5.41) is 8.11. The molecule has 0 saturated carbocycles. The van der Waals surface area contributed by atoms with Crippen molar-refractivity contribution in [1.82, 2.24) is 29.2 Å². The number of benzene rings is 2. The summed E-state index contributed by atoms with van der Waals surface area (Å²) in [5.41, 5.74) is 9.79. The zero-order valence-electron chi connectivity index (χ0n) is 31.0. The molecule has 274 valence electrons. The van der Waals surface area contributed by atoms with E-state index < -0.39 is 11.6 Å². The highest BCUT2D eigenvalue weighted by Crippen LogP contribution is 2.31. The largest absolute Gasteiger partial charge is 0.371 e. The van der Waals surface area contributed by atoms with E-state index in [0.717, 1.165) is 136 Å². The molecule has 0 aliphatic carbocycles. The summed E-state index contributed by atoms with van der Waals surface area (Å²) in [5.74, 6) is -0.240. The van der Waals surface area contributed by atoms with Crippen molar-refractivity contribution in [3.63, 3.8) is 0 Å². The Morgan fingerprint density at radius 3 is 2.31 bits per heavy atom. The third-order valence-electron chi connectivity index (χ3n) is 10.7. The Labute approximate surface area is 306 Å². The van der Waals surface area contributed by atoms with Crippen LogP contribution in [0.4, 0.5) is 26.1 Å². The predicted molar refractivity (Wildman–Crippen MR) is 208 cm³/mol. The van der Waals surface area contributed by atoms with Crippen molar-refractivity contribution in [3.05, 3.63) is 89.9 Å². The van der Waals surface area contributed by atoms with Crippen LogP contribution in [0.15, 0.2) is 61.3 Å². The lowest BCUT2D eigenvalue weighted by atomic mass is 10.0. The number of imidazole rings is 1. The van der Waals surface area contributed by atoms with Crippen LogP contribution < -0.4 is 15.1 Å². The van der Waals surface area contributed by atoms with Crippen LogP contribution in [0.2, 0.25) is 0 Å². The molecular weight excluding hydrogens is 657 g/mol. The molecule has 2 aromatic carbocycles. The Morgan fingerprint density at radius 2 is 1.60 bits per heavy atom. The van der Waals surface area contributed by atoms with E-state index in [4.69, 9.17) is 9.97 Å². The molecule has 52 heavy (non-hydrogen) atoms. The number of aryl methyl sites for hydroxylation is 3. The van der Waals surface area contributed by atoms with E-state index in [2.05, 4.69) is 80.4 Å². The van der Waals surface area contributed by atoms with Gasteiger partial charge in [-0.3, -0.25) is 14.6 Å². The maximum Gasteiger partial charge on any atom is 0.208 e. The summed E-state index contributed by atoms with van der Waals surface area (Å²) in [6.07, 6.45) is 8.00. The number of hydrogen-bond acceptors (Lipinski definition) is 7. The second-order valence-electron chi connectivity index (χ2n) is 14.3. The Morgan fingerprint density at radius 1 is 0.865 bits per heavy atom. The normalized spacial score (nSPS) is 15.9. The lowest BCUT2D eigenvalue weighted by molar-refractivity contribution is 0.160. The number of hydrogen-bond donors (Lipinski definition) is 1. The molecule has 1 N–H and O–H groups in total. The predicted octanol–water partition coefficient (Wildman–Crippen LogP) is 8.04. The van der Waals surface area contributed by atoms with Gasteiger partial charge < -0.3 is 19.7 Å². The quantitative estimate of drug-likeness (QED) is 0.141. The van der Waals surface area contributed by atoms with Crippen molar-refractivity contribution in [2.24, 2.45) is 7.05 Å². The van der Waals surface area contributed by atoms with Crippen molar-refractivity contribution in [3.8, 4) is 11.3 Å². The molecule has 5 heterocycles. The Kier molecular flexibility index (Phi) is 10.6. The van der Waals surface area contributed by atoms with E-state index >= 15 is 0 Å². The molecule has 2 aliphatic rings. The number of piperidine rings is 1. The first kappa shape index (κ1) is 35.6. The van der Waals surface area contributed by atoms with E-state index in [0.29, 0.717) is 11.7 Å². The first-order valence-corrected chi connectivity index (χ1v) is 18.9. The van der Waals surface area contributed by atoms with E-state index in [9.17, 15) is 8.78 Å². The number of pyridine rings is 1. The number of rotatable bonds is 12. The smallest absolute Gasteiger partial charge is 0.208 e. The van der Waals surface area contributed by atoms with Gasteiger partial charge in [0.05, 0.1) is 22.9 Å². The van der Waals surface area contributed by atoms with Gasteiger partial charge in [0.2, 0.25) is 5.95 Å². The molecule has 0 amide bonds. The van der Waals surface area contributed by atoms with Crippen LogP contribution in [0.5, 0.6) is 0 Å². The molecule has 11 heteroatoms. The molecule has 0 atom stereocenters. The molecule has 9 nitrogen and oxygen atoms in total. The summed E-state index contributed by atoms with van der Waals surface area (Å²) in [7, 11) is 1.99. The van der Waals surface area contributed by atoms with Crippen molar-refractivity contribution in [1.29, 1.82) is 0 Å². The van der Waals surface area contributed by atoms with Crippen LogP contribution in [0.25, 0.3) is 28.0 Å². The van der Waals surface area contributed by atoms with E-state index in [-0.39, 0.29) is 0 Å². The fourth-order valence-corrected chi connectivity index (χ4v) is 7.90. The SMILES string of the molecule is C=C(Nc1nc2ccc(N3CCN(C4CCN(c5cc(F)cc(F)c5)CC4)CC3)cc2n1CCCC)c1cc(C)nc(-c2cnn(C)c2CCC)c1. The van der Waals surface area contributed by atoms with E-state index in [1.807, 2.05) is 24.9 Å². The molecule has 5 aromatic rings. The minimum Gasteiger partial charge on any atom is -0.371 e. The highest BCUT2D eigenvalue weighted by atomic mass is 19.1. The first-order valence-electron chi connectivity index (χ1n) is 18.9. The number of anilines is 3. The average molecular weight is 708 g/mol. The third-order valence-corrected chi connectivity index (χ3v) is 10.7. The summed E-state index contributed by atoms with van der Waals surface area (Å²) in [6, 6.07) is 15.1. The number of halogens is 2. The van der Waals surface area contributed by atoms with Gasteiger partial charge in [-0.1, -0.05) is 33.3 Å². The summed E-state index contributed by atoms with van der Waals surface area (Å²) >= 11 is 0. The number of nitrogens with one attached hydrogen (secondary N) is 1. The molecule has 2 aliphatic heterocycles. The second kappa shape index (κ2) is 15.5. The lowest BCUT2D eigenvalue weighted by Gasteiger charge is -2.43. The lowest BCUT2D eigenvalue weighted by Crippen LogP contribution is -2.53. The number of nitrogens with zero attached hydrogens (tertiary/aromatic N) is 8. The third kappa shape index (κ3) is 7.55. The Bertz CT molecular complexity index is 2010. The van der Waals surface area contributed by atoms with Crippen LogP contribution in [0.3, 0.4) is 0 Å². The summed E-state index contributed by atoms with van der Waals surface area (Å²) in [6.45, 7) is 17.2. The van der Waals surface area contributed by atoms with Gasteiger partial charge in [-0.2, -0.15) is 5.10 Å². The van der Waals surface area contributed by atoms with Crippen molar-refractivity contribution >= 4 is 34.1 Å². The second-order valence-corrected chi connectivity index (χ2v) is 14.3. The van der Waals surface area contributed by atoms with Gasteiger partial charge >= 0.3 is 0 Å². The molecule has 3 aromatic heterocycles. The van der Waals surface area contributed by atoms with Crippen molar-refractivity contribution < 1.29 is 8.78 Å². The summed E-state index contributed by atoms with van der Waals surface area (Å²) in [4.78, 5) is 17.1. The van der Waals surface area contributed by atoms with Gasteiger partial charge in [-0.15, -0.1) is 0 Å². The molecule has 2 saturated heterocycles. The molecule has 0 radical (unpaired) electrons. The average Bonchev–Trinajstić information content (AvgIpc) is 3.68. The van der Waals surface area contributed by atoms with Gasteiger partial charge in [0, 0.05) is 105 Å². The molecule has 7 rings (SSSR count).